The summed E-state index contributed by atoms with van der Waals surface area (Å²) >= 11 is 1.54. The van der Waals surface area contributed by atoms with Crippen molar-refractivity contribution in [3.05, 3.63) is 77.2 Å². The molecule has 0 aliphatic rings. The number of benzene rings is 1. The number of thiazole rings is 1. The molecule has 0 spiro atoms. The van der Waals surface area contributed by atoms with Crippen LogP contribution in [0.2, 0.25) is 0 Å². The number of aromatic nitrogens is 3. The standard InChI is InChI=1S/C19H15N3O2S/c23-12-13-3-5-14(6-4-13)18-16(22-10-11-25-19(22)21-18)7-8-17(24)15-2-1-9-20-15/h1-11,20,23H,12H2/b8-7+. The van der Waals surface area contributed by atoms with Crippen molar-refractivity contribution < 1.29 is 9.90 Å². The second kappa shape index (κ2) is 6.51. The molecular formula is C19H15N3O2S. The van der Waals surface area contributed by atoms with Crippen molar-refractivity contribution in [3.8, 4) is 11.3 Å². The van der Waals surface area contributed by atoms with Gasteiger partial charge in [-0.25, -0.2) is 4.98 Å². The van der Waals surface area contributed by atoms with E-state index in [2.05, 4.69) is 9.97 Å². The predicted molar refractivity (Wildman–Crippen MR) is 98.6 cm³/mol. The molecule has 0 amide bonds. The molecule has 3 aromatic heterocycles. The zero-order valence-electron chi connectivity index (χ0n) is 13.2. The topological polar surface area (TPSA) is 70.4 Å². The Morgan fingerprint density at radius 3 is 2.84 bits per heavy atom. The first-order chi connectivity index (χ1) is 12.3. The van der Waals surface area contributed by atoms with Crippen LogP contribution in [0.4, 0.5) is 0 Å². The molecule has 3 heterocycles. The lowest BCUT2D eigenvalue weighted by Gasteiger charge is -2.02. The van der Waals surface area contributed by atoms with Gasteiger partial charge in [0.25, 0.3) is 0 Å². The van der Waals surface area contributed by atoms with Crippen molar-refractivity contribution >= 4 is 28.2 Å². The lowest BCUT2D eigenvalue weighted by Crippen LogP contribution is -1.94. The van der Waals surface area contributed by atoms with Crippen molar-refractivity contribution in [3.63, 3.8) is 0 Å². The number of allylic oxidation sites excluding steroid dienone is 1. The number of aliphatic hydroxyl groups is 1. The van der Waals surface area contributed by atoms with Gasteiger partial charge in [-0.3, -0.25) is 9.20 Å². The maximum atomic E-state index is 12.2. The summed E-state index contributed by atoms with van der Waals surface area (Å²) in [5, 5.41) is 11.2. The monoisotopic (exact) mass is 349 g/mol. The molecule has 0 saturated heterocycles. The number of hydrogen-bond acceptors (Lipinski definition) is 4. The molecule has 0 unspecified atom stereocenters. The second-order valence-corrected chi connectivity index (χ2v) is 6.41. The molecule has 1 aromatic carbocycles. The fourth-order valence-electron chi connectivity index (χ4n) is 2.67. The van der Waals surface area contributed by atoms with E-state index in [9.17, 15) is 9.90 Å². The Kier molecular flexibility index (Phi) is 4.05. The zero-order valence-corrected chi connectivity index (χ0v) is 14.0. The summed E-state index contributed by atoms with van der Waals surface area (Å²) in [5.74, 6) is -0.0863. The van der Waals surface area contributed by atoms with Crippen molar-refractivity contribution in [2.24, 2.45) is 0 Å². The molecule has 5 nitrogen and oxygen atoms in total. The van der Waals surface area contributed by atoms with E-state index < -0.39 is 0 Å². The van der Waals surface area contributed by atoms with E-state index in [1.165, 1.54) is 0 Å². The summed E-state index contributed by atoms with van der Waals surface area (Å²) in [4.78, 5) is 20.7. The quantitative estimate of drug-likeness (QED) is 0.425. The third kappa shape index (κ3) is 2.93. The molecule has 0 aliphatic carbocycles. The number of nitrogens with one attached hydrogen (secondary N) is 1. The molecule has 0 aliphatic heterocycles. The predicted octanol–water partition coefficient (Wildman–Crippen LogP) is 3.78. The first-order valence-corrected chi connectivity index (χ1v) is 8.66. The van der Waals surface area contributed by atoms with Gasteiger partial charge in [0.1, 0.15) is 0 Å². The normalized spacial score (nSPS) is 11.6. The molecular weight excluding hydrogens is 334 g/mol. The number of carbonyl (C=O) groups is 1. The van der Waals surface area contributed by atoms with Crippen LogP contribution in [-0.4, -0.2) is 25.3 Å². The van der Waals surface area contributed by atoms with Crippen molar-refractivity contribution in [1.82, 2.24) is 14.4 Å². The highest BCUT2D eigenvalue weighted by atomic mass is 32.1. The number of aliphatic hydroxyl groups excluding tert-OH is 1. The van der Waals surface area contributed by atoms with Crippen LogP contribution in [0.1, 0.15) is 21.7 Å². The second-order valence-electron chi connectivity index (χ2n) is 5.54. The van der Waals surface area contributed by atoms with Crippen LogP contribution in [0.15, 0.2) is 60.2 Å². The van der Waals surface area contributed by atoms with E-state index in [0.717, 1.165) is 27.5 Å². The summed E-state index contributed by atoms with van der Waals surface area (Å²) in [5.41, 5.74) is 4.01. The summed E-state index contributed by atoms with van der Waals surface area (Å²) in [6.07, 6.45) is 7.02. The van der Waals surface area contributed by atoms with Gasteiger partial charge in [0.15, 0.2) is 4.96 Å². The number of carbonyl (C=O) groups excluding carboxylic acids is 1. The molecule has 0 atom stereocenters. The summed E-state index contributed by atoms with van der Waals surface area (Å²) in [7, 11) is 0. The zero-order chi connectivity index (χ0) is 17.2. The summed E-state index contributed by atoms with van der Waals surface area (Å²) < 4.78 is 1.97. The Balaban J connectivity index is 1.76. The molecule has 4 aromatic rings. The number of aromatic amines is 1. The number of nitrogens with zero attached hydrogens (tertiary/aromatic N) is 2. The molecule has 0 fully saturated rings. The molecule has 124 valence electrons. The highest BCUT2D eigenvalue weighted by molar-refractivity contribution is 7.15. The Hall–Kier alpha value is -2.96. The van der Waals surface area contributed by atoms with Gasteiger partial charge in [0.05, 0.1) is 23.7 Å². The van der Waals surface area contributed by atoms with Crippen molar-refractivity contribution in [2.75, 3.05) is 0 Å². The average molecular weight is 349 g/mol. The van der Waals surface area contributed by atoms with Crippen LogP contribution in [0, 0.1) is 0 Å². The van der Waals surface area contributed by atoms with E-state index >= 15 is 0 Å². The minimum Gasteiger partial charge on any atom is -0.392 e. The number of rotatable bonds is 5. The fraction of sp³-hybridized carbons (Fsp3) is 0.0526. The number of ketones is 1. The Bertz CT molecular complexity index is 1040. The van der Waals surface area contributed by atoms with Gasteiger partial charge in [-0.15, -0.1) is 11.3 Å². The van der Waals surface area contributed by atoms with Gasteiger partial charge >= 0.3 is 0 Å². The molecule has 0 saturated carbocycles. The number of imidazole rings is 1. The first kappa shape index (κ1) is 15.6. The maximum Gasteiger partial charge on any atom is 0.202 e. The highest BCUT2D eigenvalue weighted by Gasteiger charge is 2.13. The highest BCUT2D eigenvalue weighted by Crippen LogP contribution is 2.28. The van der Waals surface area contributed by atoms with Crippen LogP contribution >= 0.6 is 11.3 Å². The molecule has 4 rings (SSSR count). The molecule has 0 bridgehead atoms. The SMILES string of the molecule is O=C(/C=C/c1c(-c2ccc(CO)cc2)nc2sccn12)c1ccc[nH]1. The number of H-pyrrole nitrogens is 1. The lowest BCUT2D eigenvalue weighted by atomic mass is 10.1. The van der Waals surface area contributed by atoms with E-state index in [1.807, 2.05) is 40.2 Å². The van der Waals surface area contributed by atoms with Gasteiger partial charge in [0.2, 0.25) is 5.78 Å². The fourth-order valence-corrected chi connectivity index (χ4v) is 3.39. The van der Waals surface area contributed by atoms with Gasteiger partial charge in [0, 0.05) is 23.3 Å². The largest absolute Gasteiger partial charge is 0.392 e. The molecule has 6 heteroatoms. The van der Waals surface area contributed by atoms with Gasteiger partial charge in [-0.05, 0) is 29.8 Å². The number of fused-ring (bicyclic) bond motifs is 1. The van der Waals surface area contributed by atoms with Gasteiger partial charge in [-0.2, -0.15) is 0 Å². The minimum absolute atomic E-state index is 0.00989. The van der Waals surface area contributed by atoms with E-state index in [0.29, 0.717) is 5.69 Å². The van der Waals surface area contributed by atoms with Crippen LogP contribution in [0.5, 0.6) is 0 Å². The average Bonchev–Trinajstić information content (AvgIpc) is 3.37. The first-order valence-electron chi connectivity index (χ1n) is 7.78. The van der Waals surface area contributed by atoms with E-state index in [-0.39, 0.29) is 12.4 Å². The van der Waals surface area contributed by atoms with Crippen LogP contribution in [0.25, 0.3) is 22.3 Å². The number of hydrogen-bond donors (Lipinski definition) is 2. The van der Waals surface area contributed by atoms with E-state index in [1.54, 1.807) is 41.8 Å². The third-order valence-electron chi connectivity index (χ3n) is 3.97. The van der Waals surface area contributed by atoms with Crippen LogP contribution in [0.3, 0.4) is 0 Å². The molecule has 0 radical (unpaired) electrons. The Morgan fingerprint density at radius 2 is 2.12 bits per heavy atom. The molecule has 25 heavy (non-hydrogen) atoms. The summed E-state index contributed by atoms with van der Waals surface area (Å²) in [6.45, 7) is 0.00989. The lowest BCUT2D eigenvalue weighted by molar-refractivity contribution is 0.104. The van der Waals surface area contributed by atoms with Crippen molar-refractivity contribution in [2.45, 2.75) is 6.61 Å². The van der Waals surface area contributed by atoms with Gasteiger partial charge < -0.3 is 10.1 Å². The minimum atomic E-state index is -0.0863. The van der Waals surface area contributed by atoms with Crippen molar-refractivity contribution in [1.29, 1.82) is 0 Å². The van der Waals surface area contributed by atoms with Crippen LogP contribution < -0.4 is 0 Å². The third-order valence-corrected chi connectivity index (χ3v) is 4.72. The Labute approximate surface area is 147 Å². The van der Waals surface area contributed by atoms with Gasteiger partial charge in [-0.1, -0.05) is 24.3 Å². The smallest absolute Gasteiger partial charge is 0.202 e. The molecule has 2 N–H and O–H groups in total. The van der Waals surface area contributed by atoms with Crippen LogP contribution in [-0.2, 0) is 6.61 Å². The maximum absolute atomic E-state index is 12.2. The van der Waals surface area contributed by atoms with E-state index in [4.69, 9.17) is 0 Å². The summed E-state index contributed by atoms with van der Waals surface area (Å²) in [6, 6.07) is 11.2. The Morgan fingerprint density at radius 1 is 1.28 bits per heavy atom.